The van der Waals surface area contributed by atoms with Crippen LogP contribution in [-0.4, -0.2) is 35.5 Å². The van der Waals surface area contributed by atoms with E-state index >= 15 is 0 Å². The highest BCUT2D eigenvalue weighted by Gasteiger charge is 2.46. The molecular weight excluding hydrogens is 357 g/mol. The van der Waals surface area contributed by atoms with Crippen molar-refractivity contribution in [1.82, 2.24) is 15.5 Å². The molecule has 1 heterocycles. The Balaban J connectivity index is 1.50. The monoisotopic (exact) mass is 381 g/mol. The summed E-state index contributed by atoms with van der Waals surface area (Å²) in [5.41, 5.74) is 2.76. The fourth-order valence-electron chi connectivity index (χ4n) is 3.75. The van der Waals surface area contributed by atoms with E-state index in [4.69, 9.17) is 0 Å². The van der Waals surface area contributed by atoms with Gasteiger partial charge in [0.15, 0.2) is 0 Å². The first kappa shape index (κ1) is 18.5. The van der Waals surface area contributed by atoms with Crippen molar-refractivity contribution in [2.24, 2.45) is 0 Å². The van der Waals surface area contributed by atoms with Crippen LogP contribution in [0.5, 0.6) is 0 Å². The first-order chi connectivity index (χ1) is 13.5. The molecular formula is C22H24FN3O2. The van der Waals surface area contributed by atoms with Crippen molar-refractivity contribution in [3.05, 3.63) is 71.0 Å². The zero-order valence-electron chi connectivity index (χ0n) is 15.9. The van der Waals surface area contributed by atoms with E-state index in [1.165, 1.54) is 23.3 Å². The molecule has 1 saturated heterocycles. The van der Waals surface area contributed by atoms with E-state index in [1.807, 2.05) is 0 Å². The third-order valence-electron chi connectivity index (χ3n) is 5.55. The number of hydrogen-bond donors (Lipinski definition) is 2. The number of piperazine rings is 1. The van der Waals surface area contributed by atoms with Gasteiger partial charge in [-0.15, -0.1) is 0 Å². The fourth-order valence-corrected chi connectivity index (χ4v) is 3.75. The molecule has 5 nitrogen and oxygen atoms in total. The molecule has 1 aliphatic heterocycles. The average molecular weight is 381 g/mol. The molecule has 2 N–H and O–H groups in total. The van der Waals surface area contributed by atoms with Crippen molar-refractivity contribution in [1.29, 1.82) is 0 Å². The summed E-state index contributed by atoms with van der Waals surface area (Å²) < 4.78 is 13.3. The maximum atomic E-state index is 13.3. The summed E-state index contributed by atoms with van der Waals surface area (Å²) in [6.45, 7) is 2.88. The molecule has 2 aromatic carbocycles. The van der Waals surface area contributed by atoms with Crippen LogP contribution in [0.4, 0.5) is 9.18 Å². The summed E-state index contributed by atoms with van der Waals surface area (Å²) >= 11 is 0. The van der Waals surface area contributed by atoms with E-state index in [-0.39, 0.29) is 23.3 Å². The number of urea groups is 1. The SMILES string of the molecule is Cc1ccc(CC2(NC(=O)N3CCNC(=O)[C@@H]3c3ccc(F)cc3)CC2)cc1. The Bertz CT molecular complexity index is 876. The lowest BCUT2D eigenvalue weighted by Gasteiger charge is -2.36. The number of carbonyl (C=O) groups excluding carboxylic acids is 2. The van der Waals surface area contributed by atoms with Gasteiger partial charge in [0.05, 0.1) is 0 Å². The molecule has 1 aliphatic carbocycles. The summed E-state index contributed by atoms with van der Waals surface area (Å²) in [5, 5.41) is 5.96. The number of halogens is 1. The number of carbonyl (C=O) groups is 2. The van der Waals surface area contributed by atoms with Gasteiger partial charge in [-0.1, -0.05) is 42.0 Å². The number of amides is 3. The van der Waals surface area contributed by atoms with Crippen molar-refractivity contribution < 1.29 is 14.0 Å². The molecule has 0 radical (unpaired) electrons. The summed E-state index contributed by atoms with van der Waals surface area (Å²) in [6, 6.07) is 13.1. The number of aryl methyl sites for hydroxylation is 1. The van der Waals surface area contributed by atoms with E-state index in [1.54, 1.807) is 17.0 Å². The summed E-state index contributed by atoms with van der Waals surface area (Å²) in [6.07, 6.45) is 2.63. The van der Waals surface area contributed by atoms with Gasteiger partial charge in [-0.05, 0) is 49.4 Å². The molecule has 1 atom stereocenters. The van der Waals surface area contributed by atoms with Gasteiger partial charge < -0.3 is 15.5 Å². The van der Waals surface area contributed by atoms with Crippen molar-refractivity contribution >= 4 is 11.9 Å². The molecule has 146 valence electrons. The summed E-state index contributed by atoms with van der Waals surface area (Å²) in [4.78, 5) is 27.1. The van der Waals surface area contributed by atoms with Crippen LogP contribution in [0.25, 0.3) is 0 Å². The predicted octanol–water partition coefficient (Wildman–Crippen LogP) is 3.09. The van der Waals surface area contributed by atoms with Gasteiger partial charge in [0.25, 0.3) is 0 Å². The lowest BCUT2D eigenvalue weighted by Crippen LogP contribution is -2.56. The smallest absolute Gasteiger partial charge is 0.318 e. The molecule has 0 bridgehead atoms. The third kappa shape index (κ3) is 3.86. The molecule has 1 saturated carbocycles. The maximum absolute atomic E-state index is 13.3. The Morgan fingerprint density at radius 1 is 1.18 bits per heavy atom. The highest BCUT2D eigenvalue weighted by atomic mass is 19.1. The third-order valence-corrected chi connectivity index (χ3v) is 5.55. The lowest BCUT2D eigenvalue weighted by atomic mass is 10.0. The average Bonchev–Trinajstić information content (AvgIpc) is 3.43. The molecule has 28 heavy (non-hydrogen) atoms. The Morgan fingerprint density at radius 3 is 2.50 bits per heavy atom. The van der Waals surface area contributed by atoms with Gasteiger partial charge in [-0.2, -0.15) is 0 Å². The number of nitrogens with one attached hydrogen (secondary N) is 2. The van der Waals surface area contributed by atoms with Crippen molar-refractivity contribution in [3.8, 4) is 0 Å². The van der Waals surface area contributed by atoms with E-state index < -0.39 is 6.04 Å². The second-order valence-corrected chi connectivity index (χ2v) is 7.81. The zero-order valence-corrected chi connectivity index (χ0v) is 15.9. The van der Waals surface area contributed by atoms with Gasteiger partial charge in [0.2, 0.25) is 5.91 Å². The molecule has 0 spiro atoms. The molecule has 4 rings (SSSR count). The van der Waals surface area contributed by atoms with Gasteiger partial charge in [0.1, 0.15) is 11.9 Å². The molecule has 2 fully saturated rings. The Morgan fingerprint density at radius 2 is 1.86 bits per heavy atom. The Kier molecular flexibility index (Phi) is 4.79. The van der Waals surface area contributed by atoms with Crippen molar-refractivity contribution in [2.75, 3.05) is 13.1 Å². The van der Waals surface area contributed by atoms with Gasteiger partial charge in [-0.25, -0.2) is 9.18 Å². The summed E-state index contributed by atoms with van der Waals surface area (Å²) in [7, 11) is 0. The predicted molar refractivity (Wildman–Crippen MR) is 104 cm³/mol. The number of nitrogens with zero attached hydrogens (tertiary/aromatic N) is 1. The molecule has 0 aromatic heterocycles. The molecule has 2 aliphatic rings. The maximum Gasteiger partial charge on any atom is 0.318 e. The normalized spacial score (nSPS) is 20.4. The fraction of sp³-hybridized carbons (Fsp3) is 0.364. The second-order valence-electron chi connectivity index (χ2n) is 7.81. The topological polar surface area (TPSA) is 61.4 Å². The number of hydrogen-bond acceptors (Lipinski definition) is 2. The zero-order chi connectivity index (χ0) is 19.7. The molecule has 3 amide bonds. The van der Waals surface area contributed by atoms with Crippen LogP contribution in [0.1, 0.15) is 35.6 Å². The van der Waals surface area contributed by atoms with E-state index in [2.05, 4.69) is 41.8 Å². The Labute approximate surface area is 163 Å². The van der Waals surface area contributed by atoms with Crippen LogP contribution in [0, 0.1) is 12.7 Å². The van der Waals surface area contributed by atoms with Crippen LogP contribution >= 0.6 is 0 Å². The van der Waals surface area contributed by atoms with E-state index in [0.29, 0.717) is 18.7 Å². The quantitative estimate of drug-likeness (QED) is 0.855. The first-order valence-corrected chi connectivity index (χ1v) is 9.63. The van der Waals surface area contributed by atoms with Gasteiger partial charge in [0, 0.05) is 18.6 Å². The molecule has 0 unspecified atom stereocenters. The standard InChI is InChI=1S/C22H24FN3O2/c1-15-2-4-16(5-3-15)14-22(10-11-22)25-21(28)26-13-12-24-20(27)19(26)17-6-8-18(23)9-7-17/h2-9,19H,10-14H2,1H3,(H,24,27)(H,25,28)/t19-/m0/s1. The summed E-state index contributed by atoms with van der Waals surface area (Å²) in [5.74, 6) is -0.609. The van der Waals surface area contributed by atoms with Crippen LogP contribution < -0.4 is 10.6 Å². The van der Waals surface area contributed by atoms with Crippen LogP contribution in [0.2, 0.25) is 0 Å². The van der Waals surface area contributed by atoms with Crippen LogP contribution in [0.3, 0.4) is 0 Å². The van der Waals surface area contributed by atoms with Crippen LogP contribution in [-0.2, 0) is 11.2 Å². The Hall–Kier alpha value is -2.89. The highest BCUT2D eigenvalue weighted by Crippen LogP contribution is 2.39. The molecule has 6 heteroatoms. The minimum Gasteiger partial charge on any atom is -0.352 e. The largest absolute Gasteiger partial charge is 0.352 e. The van der Waals surface area contributed by atoms with Crippen molar-refractivity contribution in [3.63, 3.8) is 0 Å². The van der Waals surface area contributed by atoms with E-state index in [9.17, 15) is 14.0 Å². The minimum atomic E-state index is -0.746. The van der Waals surface area contributed by atoms with E-state index in [0.717, 1.165) is 19.3 Å². The molecule has 2 aromatic rings. The number of benzene rings is 2. The van der Waals surface area contributed by atoms with Gasteiger partial charge in [-0.3, -0.25) is 4.79 Å². The van der Waals surface area contributed by atoms with Crippen molar-refractivity contribution in [2.45, 2.75) is 37.8 Å². The minimum absolute atomic E-state index is 0.239. The lowest BCUT2D eigenvalue weighted by molar-refractivity contribution is -0.127. The van der Waals surface area contributed by atoms with Crippen LogP contribution in [0.15, 0.2) is 48.5 Å². The highest BCUT2D eigenvalue weighted by molar-refractivity contribution is 5.89. The van der Waals surface area contributed by atoms with Gasteiger partial charge >= 0.3 is 6.03 Å². The number of rotatable bonds is 4. The second kappa shape index (κ2) is 7.26. The first-order valence-electron chi connectivity index (χ1n) is 9.63.